The SMILES string of the molecule is CN(C)c1ccc(NC(=O)Nc2ncc(Sc3ccccn3)s2)c(C(=O)C2CCCC2)c1. The minimum absolute atomic E-state index is 0.0289. The predicted molar refractivity (Wildman–Crippen MR) is 130 cm³/mol. The molecule has 0 saturated heterocycles. The zero-order valence-corrected chi connectivity index (χ0v) is 19.6. The van der Waals surface area contributed by atoms with Gasteiger partial charge in [0, 0.05) is 37.5 Å². The van der Waals surface area contributed by atoms with Crippen molar-refractivity contribution in [1.82, 2.24) is 9.97 Å². The number of pyridine rings is 1. The van der Waals surface area contributed by atoms with Crippen molar-refractivity contribution in [1.29, 1.82) is 0 Å². The van der Waals surface area contributed by atoms with Crippen LogP contribution in [0.5, 0.6) is 0 Å². The fourth-order valence-corrected chi connectivity index (χ4v) is 5.43. The van der Waals surface area contributed by atoms with Crippen molar-refractivity contribution in [3.63, 3.8) is 0 Å². The Morgan fingerprint density at radius 3 is 2.62 bits per heavy atom. The van der Waals surface area contributed by atoms with Gasteiger partial charge in [-0.2, -0.15) is 0 Å². The van der Waals surface area contributed by atoms with Crippen LogP contribution in [0, 0.1) is 5.92 Å². The Bertz CT molecular complexity index is 1090. The van der Waals surface area contributed by atoms with Crippen LogP contribution in [-0.2, 0) is 0 Å². The second kappa shape index (κ2) is 10.1. The number of anilines is 3. The summed E-state index contributed by atoms with van der Waals surface area (Å²) in [5, 5.41) is 6.96. The summed E-state index contributed by atoms with van der Waals surface area (Å²) >= 11 is 2.86. The highest BCUT2D eigenvalue weighted by molar-refractivity contribution is 8.01. The van der Waals surface area contributed by atoms with Gasteiger partial charge in [0.05, 0.1) is 16.1 Å². The Hall–Kier alpha value is -2.91. The lowest BCUT2D eigenvalue weighted by atomic mass is 9.94. The van der Waals surface area contributed by atoms with E-state index < -0.39 is 6.03 Å². The summed E-state index contributed by atoms with van der Waals surface area (Å²) in [6.07, 6.45) is 7.42. The summed E-state index contributed by atoms with van der Waals surface area (Å²) in [6.45, 7) is 0. The molecule has 0 spiro atoms. The molecule has 7 nitrogen and oxygen atoms in total. The number of nitrogens with zero attached hydrogens (tertiary/aromatic N) is 3. The molecule has 32 heavy (non-hydrogen) atoms. The van der Waals surface area contributed by atoms with Gasteiger partial charge >= 0.3 is 6.03 Å². The summed E-state index contributed by atoms with van der Waals surface area (Å²) in [7, 11) is 3.87. The fourth-order valence-electron chi connectivity index (χ4n) is 3.66. The average molecular weight is 468 g/mol. The van der Waals surface area contributed by atoms with E-state index in [4.69, 9.17) is 0 Å². The number of hydrogen-bond acceptors (Lipinski definition) is 7. The van der Waals surface area contributed by atoms with E-state index in [1.165, 1.54) is 23.1 Å². The Morgan fingerprint density at radius 1 is 1.09 bits per heavy atom. The Labute approximate surface area is 195 Å². The minimum Gasteiger partial charge on any atom is -0.378 e. The van der Waals surface area contributed by atoms with E-state index in [-0.39, 0.29) is 11.7 Å². The van der Waals surface area contributed by atoms with Crippen LogP contribution < -0.4 is 15.5 Å². The molecule has 0 aliphatic heterocycles. The lowest BCUT2D eigenvalue weighted by Gasteiger charge is -2.18. The molecule has 1 aliphatic carbocycles. The largest absolute Gasteiger partial charge is 0.378 e. The third-order valence-corrected chi connectivity index (χ3v) is 7.27. The molecule has 4 rings (SSSR count). The summed E-state index contributed by atoms with van der Waals surface area (Å²) in [5.74, 6) is 0.131. The standard InChI is InChI=1S/C23H25N5O2S2/c1-28(2)16-10-11-18(17(13-16)21(29)15-7-3-4-8-15)26-22(30)27-23-25-14-20(32-23)31-19-9-5-6-12-24-19/h5-6,9-15H,3-4,7-8H2,1-2H3,(H2,25,26,27,30). The van der Waals surface area contributed by atoms with Gasteiger partial charge in [0.2, 0.25) is 0 Å². The monoisotopic (exact) mass is 467 g/mol. The smallest absolute Gasteiger partial charge is 0.325 e. The molecule has 2 heterocycles. The number of carbonyl (C=O) groups is 2. The van der Waals surface area contributed by atoms with Gasteiger partial charge in [0.15, 0.2) is 10.9 Å². The molecule has 1 saturated carbocycles. The Morgan fingerprint density at radius 2 is 1.91 bits per heavy atom. The highest BCUT2D eigenvalue weighted by Crippen LogP contribution is 2.34. The molecule has 0 bridgehead atoms. The Kier molecular flexibility index (Phi) is 7.06. The van der Waals surface area contributed by atoms with Crippen LogP contribution in [0.25, 0.3) is 0 Å². The second-order valence-electron chi connectivity index (χ2n) is 7.80. The number of ketones is 1. The first-order valence-corrected chi connectivity index (χ1v) is 12.1. The average Bonchev–Trinajstić information content (AvgIpc) is 3.46. The predicted octanol–water partition coefficient (Wildman–Crippen LogP) is 5.77. The number of amides is 2. The number of thiazole rings is 1. The van der Waals surface area contributed by atoms with Gasteiger partial charge in [0.25, 0.3) is 0 Å². The zero-order valence-electron chi connectivity index (χ0n) is 18.0. The molecule has 1 fully saturated rings. The maximum absolute atomic E-state index is 13.2. The first kappa shape index (κ1) is 22.3. The van der Waals surface area contributed by atoms with Crippen LogP contribution in [0.1, 0.15) is 36.0 Å². The number of aromatic nitrogens is 2. The fraction of sp³-hybridized carbons (Fsp3) is 0.304. The molecule has 1 aromatic carbocycles. The van der Waals surface area contributed by atoms with E-state index in [1.807, 2.05) is 49.3 Å². The van der Waals surface area contributed by atoms with Gasteiger partial charge in [-0.05, 0) is 43.2 Å². The van der Waals surface area contributed by atoms with Crippen LogP contribution in [0.15, 0.2) is 58.0 Å². The molecule has 2 N–H and O–H groups in total. The molecule has 1 aliphatic rings. The molecule has 0 atom stereocenters. The minimum atomic E-state index is -0.424. The van der Waals surface area contributed by atoms with Crippen molar-refractivity contribution in [3.8, 4) is 0 Å². The third-order valence-electron chi connectivity index (χ3n) is 5.31. The normalized spacial score (nSPS) is 13.7. The van der Waals surface area contributed by atoms with Gasteiger partial charge in [-0.15, -0.1) is 0 Å². The van der Waals surface area contributed by atoms with Crippen LogP contribution in [0.3, 0.4) is 0 Å². The number of urea groups is 1. The van der Waals surface area contributed by atoms with Gasteiger partial charge in [-0.3, -0.25) is 10.1 Å². The molecule has 0 radical (unpaired) electrons. The lowest BCUT2D eigenvalue weighted by Crippen LogP contribution is -2.22. The van der Waals surface area contributed by atoms with Crippen LogP contribution in [0.4, 0.5) is 21.3 Å². The summed E-state index contributed by atoms with van der Waals surface area (Å²) in [6, 6.07) is 10.8. The van der Waals surface area contributed by atoms with E-state index in [2.05, 4.69) is 20.6 Å². The van der Waals surface area contributed by atoms with Crippen LogP contribution >= 0.6 is 23.1 Å². The van der Waals surface area contributed by atoms with Crippen molar-refractivity contribution >= 4 is 51.4 Å². The van der Waals surface area contributed by atoms with Gasteiger partial charge in [0.1, 0.15) is 5.03 Å². The first-order chi connectivity index (χ1) is 15.5. The van der Waals surface area contributed by atoms with Crippen molar-refractivity contribution in [2.45, 2.75) is 34.9 Å². The molecule has 0 unspecified atom stereocenters. The number of benzene rings is 1. The quantitative estimate of drug-likeness (QED) is 0.429. The lowest BCUT2D eigenvalue weighted by molar-refractivity contribution is 0.0924. The molecule has 166 valence electrons. The van der Waals surface area contributed by atoms with Crippen molar-refractivity contribution in [2.24, 2.45) is 5.92 Å². The topological polar surface area (TPSA) is 87.2 Å². The molecular weight excluding hydrogens is 442 g/mol. The first-order valence-electron chi connectivity index (χ1n) is 10.5. The summed E-state index contributed by atoms with van der Waals surface area (Å²) < 4.78 is 0.923. The summed E-state index contributed by atoms with van der Waals surface area (Å²) in [4.78, 5) is 36.3. The number of hydrogen-bond donors (Lipinski definition) is 2. The zero-order chi connectivity index (χ0) is 22.5. The highest BCUT2D eigenvalue weighted by Gasteiger charge is 2.26. The van der Waals surface area contributed by atoms with Crippen molar-refractivity contribution < 1.29 is 9.59 Å². The second-order valence-corrected chi connectivity index (χ2v) is 10.2. The van der Waals surface area contributed by atoms with Crippen molar-refractivity contribution in [2.75, 3.05) is 29.6 Å². The van der Waals surface area contributed by atoms with Crippen molar-refractivity contribution in [3.05, 3.63) is 54.4 Å². The number of rotatable bonds is 7. The Balaban J connectivity index is 1.46. The van der Waals surface area contributed by atoms with E-state index in [1.54, 1.807) is 18.5 Å². The van der Waals surface area contributed by atoms with E-state index in [0.29, 0.717) is 16.4 Å². The molecule has 2 aromatic heterocycles. The number of carbonyl (C=O) groups excluding carboxylic acids is 2. The molecule has 3 aromatic rings. The maximum Gasteiger partial charge on any atom is 0.325 e. The molecular formula is C23H25N5O2S2. The number of Topliss-reactive ketones (excluding diaryl/α,β-unsaturated/α-hetero) is 1. The van der Waals surface area contributed by atoms with E-state index >= 15 is 0 Å². The van der Waals surface area contributed by atoms with E-state index in [9.17, 15) is 9.59 Å². The van der Waals surface area contributed by atoms with Crippen LogP contribution in [0.2, 0.25) is 0 Å². The summed E-state index contributed by atoms with van der Waals surface area (Å²) in [5.41, 5.74) is 2.00. The van der Waals surface area contributed by atoms with Gasteiger partial charge < -0.3 is 10.2 Å². The third kappa shape index (κ3) is 5.46. The molecule has 2 amide bonds. The maximum atomic E-state index is 13.2. The van der Waals surface area contributed by atoms with E-state index in [0.717, 1.165) is 40.6 Å². The highest BCUT2D eigenvalue weighted by atomic mass is 32.2. The van der Waals surface area contributed by atoms with Gasteiger partial charge in [-0.1, -0.05) is 42.0 Å². The number of nitrogens with one attached hydrogen (secondary N) is 2. The van der Waals surface area contributed by atoms with Gasteiger partial charge in [-0.25, -0.2) is 14.8 Å². The van der Waals surface area contributed by atoms with Crippen LogP contribution in [-0.4, -0.2) is 35.9 Å². The molecule has 9 heteroatoms.